The van der Waals surface area contributed by atoms with Crippen LogP contribution >= 0.6 is 0 Å². The lowest BCUT2D eigenvalue weighted by atomic mass is 9.81. The first kappa shape index (κ1) is 26.2. The molecule has 8 rings (SSSR count). The molecule has 0 spiro atoms. The number of pyridine rings is 2. The van der Waals surface area contributed by atoms with Gasteiger partial charge in [-0.3, -0.25) is 4.98 Å². The molecule has 0 unspecified atom stereocenters. The van der Waals surface area contributed by atoms with Crippen LogP contribution < -0.4 is 5.73 Å². The number of nitrogens with zero attached hydrogens (tertiary/aromatic N) is 4. The number of hydrogen-bond donors (Lipinski definition) is 1. The molecule has 3 heterocycles. The van der Waals surface area contributed by atoms with Gasteiger partial charge in [-0.05, 0) is 95.0 Å². The Kier molecular flexibility index (Phi) is 6.37. The third-order valence-corrected chi connectivity index (χ3v) is 8.86. The summed E-state index contributed by atoms with van der Waals surface area (Å²) in [4.78, 5) is 18.9. The van der Waals surface area contributed by atoms with Crippen molar-refractivity contribution in [2.24, 2.45) is 0 Å². The highest BCUT2D eigenvalue weighted by atomic mass is 14.9. The summed E-state index contributed by atoms with van der Waals surface area (Å²) in [6, 6.07) is 19.1. The molecular formula is C39H31N5. The lowest BCUT2D eigenvalue weighted by Gasteiger charge is -2.23. The molecule has 5 heteroatoms. The Labute approximate surface area is 256 Å². The molecule has 6 aromatic rings. The first-order valence-electron chi connectivity index (χ1n) is 15.2. The van der Waals surface area contributed by atoms with Gasteiger partial charge < -0.3 is 5.73 Å². The standard InChI is InChI=1S/C39H31N5/c1-2-7-24-12-13-25-15-19-36(44-38(25)37(24)40)39-42-22-28(23-43-39)35-18-16-27(21-41-35)26-14-17-33-31-10-4-3-8-29(31)30-9-5-6-11-32(30)34(33)20-26/h2,4-5,7,9-10,12-23H,3,6,8,11,40H2,1H3/b7-2-. The largest absolute Gasteiger partial charge is 0.396 e. The van der Waals surface area contributed by atoms with Crippen molar-refractivity contribution in [1.82, 2.24) is 19.9 Å². The summed E-state index contributed by atoms with van der Waals surface area (Å²) < 4.78 is 0. The van der Waals surface area contributed by atoms with Crippen LogP contribution in [0.3, 0.4) is 0 Å². The number of aromatic nitrogens is 4. The molecule has 2 aliphatic rings. The Morgan fingerprint density at radius 1 is 0.682 bits per heavy atom. The second-order valence-corrected chi connectivity index (χ2v) is 11.5. The Bertz CT molecular complexity index is 2170. The van der Waals surface area contributed by atoms with Gasteiger partial charge in [0.15, 0.2) is 5.82 Å². The van der Waals surface area contributed by atoms with Gasteiger partial charge in [-0.1, -0.05) is 72.9 Å². The van der Waals surface area contributed by atoms with Gasteiger partial charge >= 0.3 is 0 Å². The zero-order chi connectivity index (χ0) is 29.6. The van der Waals surface area contributed by atoms with Gasteiger partial charge in [0.25, 0.3) is 0 Å². The van der Waals surface area contributed by atoms with Crippen molar-refractivity contribution in [3.63, 3.8) is 0 Å². The van der Waals surface area contributed by atoms with Crippen molar-refractivity contribution >= 4 is 45.6 Å². The minimum atomic E-state index is 0.550. The van der Waals surface area contributed by atoms with Gasteiger partial charge in [-0.2, -0.15) is 0 Å². The maximum Gasteiger partial charge on any atom is 0.178 e. The summed E-state index contributed by atoms with van der Waals surface area (Å²) in [5, 5.41) is 3.71. The van der Waals surface area contributed by atoms with Crippen molar-refractivity contribution < 1.29 is 0 Å². The molecule has 3 aromatic carbocycles. The van der Waals surface area contributed by atoms with E-state index in [1.54, 1.807) is 0 Å². The number of nitrogens with two attached hydrogens (primary N) is 1. The van der Waals surface area contributed by atoms with Crippen LogP contribution in [0.15, 0.2) is 91.4 Å². The number of anilines is 1. The van der Waals surface area contributed by atoms with Crippen molar-refractivity contribution in [2.45, 2.75) is 32.6 Å². The average molecular weight is 570 g/mol. The second-order valence-electron chi connectivity index (χ2n) is 11.5. The fourth-order valence-electron chi connectivity index (χ4n) is 6.63. The maximum atomic E-state index is 6.42. The van der Waals surface area contributed by atoms with E-state index in [-0.39, 0.29) is 0 Å². The lowest BCUT2D eigenvalue weighted by Crippen LogP contribution is -2.06. The summed E-state index contributed by atoms with van der Waals surface area (Å²) in [6.45, 7) is 1.97. The van der Waals surface area contributed by atoms with Crippen LogP contribution in [-0.2, 0) is 12.8 Å². The maximum absolute atomic E-state index is 6.42. The van der Waals surface area contributed by atoms with E-state index in [9.17, 15) is 0 Å². The Balaban J connectivity index is 1.10. The van der Waals surface area contributed by atoms with E-state index in [0.29, 0.717) is 17.2 Å². The van der Waals surface area contributed by atoms with Gasteiger partial charge in [-0.25, -0.2) is 15.0 Å². The van der Waals surface area contributed by atoms with E-state index < -0.39 is 0 Å². The van der Waals surface area contributed by atoms with Crippen LogP contribution in [0.25, 0.3) is 73.8 Å². The molecule has 5 nitrogen and oxygen atoms in total. The van der Waals surface area contributed by atoms with E-state index in [0.717, 1.165) is 59.0 Å². The molecule has 0 radical (unpaired) electrons. The quantitative estimate of drug-likeness (QED) is 0.214. The normalized spacial score (nSPS) is 13.9. The fourth-order valence-corrected chi connectivity index (χ4v) is 6.63. The molecule has 0 fully saturated rings. The van der Waals surface area contributed by atoms with Crippen molar-refractivity contribution in [2.75, 3.05) is 5.73 Å². The highest BCUT2D eigenvalue weighted by molar-refractivity contribution is 6.00. The number of allylic oxidation sites excluding steroid dienone is 3. The predicted molar refractivity (Wildman–Crippen MR) is 183 cm³/mol. The molecule has 0 atom stereocenters. The number of nitrogen functional groups attached to an aromatic ring is 1. The highest BCUT2D eigenvalue weighted by Crippen LogP contribution is 2.39. The van der Waals surface area contributed by atoms with E-state index in [2.05, 4.69) is 58.5 Å². The Hall–Kier alpha value is -5.42. The Morgan fingerprint density at radius 3 is 2.20 bits per heavy atom. The minimum Gasteiger partial charge on any atom is -0.396 e. The summed E-state index contributed by atoms with van der Waals surface area (Å²) in [6.07, 6.45) is 23.3. The first-order valence-corrected chi connectivity index (χ1v) is 15.2. The summed E-state index contributed by atoms with van der Waals surface area (Å²) in [5.41, 5.74) is 19.3. The molecule has 3 aromatic heterocycles. The van der Waals surface area contributed by atoms with Gasteiger partial charge in [0.1, 0.15) is 5.69 Å². The molecule has 2 N–H and O–H groups in total. The SMILES string of the molecule is C/C=C\c1ccc2ccc(-c3ncc(-c4ccc(-c5ccc6c7c(c8c(c6c5)CCC=C8)CCC=C7)cn4)cn3)nc2c1N. The highest BCUT2D eigenvalue weighted by Gasteiger charge is 2.20. The third-order valence-electron chi connectivity index (χ3n) is 8.86. The molecule has 0 aliphatic heterocycles. The first-order chi connectivity index (χ1) is 21.7. The van der Waals surface area contributed by atoms with Crippen LogP contribution in [0.5, 0.6) is 0 Å². The molecule has 44 heavy (non-hydrogen) atoms. The van der Waals surface area contributed by atoms with Gasteiger partial charge in [0.05, 0.1) is 16.9 Å². The third kappa shape index (κ3) is 4.40. The summed E-state index contributed by atoms with van der Waals surface area (Å²) >= 11 is 0. The predicted octanol–water partition coefficient (Wildman–Crippen LogP) is 9.11. The number of rotatable bonds is 4. The van der Waals surface area contributed by atoms with E-state index >= 15 is 0 Å². The molecular weight excluding hydrogens is 538 g/mol. The molecule has 0 saturated heterocycles. The summed E-state index contributed by atoms with van der Waals surface area (Å²) in [7, 11) is 0. The van der Waals surface area contributed by atoms with E-state index in [1.807, 2.05) is 68.0 Å². The minimum absolute atomic E-state index is 0.550. The van der Waals surface area contributed by atoms with Crippen LogP contribution in [0.1, 0.15) is 47.6 Å². The molecule has 0 bridgehead atoms. The number of hydrogen-bond acceptors (Lipinski definition) is 5. The van der Waals surface area contributed by atoms with Crippen molar-refractivity contribution in [3.05, 3.63) is 119 Å². The monoisotopic (exact) mass is 569 g/mol. The van der Waals surface area contributed by atoms with Gasteiger partial charge in [0.2, 0.25) is 0 Å². The van der Waals surface area contributed by atoms with Gasteiger partial charge in [0, 0.05) is 35.1 Å². The zero-order valence-corrected chi connectivity index (χ0v) is 24.6. The second kappa shape index (κ2) is 10.7. The Morgan fingerprint density at radius 2 is 1.41 bits per heavy atom. The van der Waals surface area contributed by atoms with Crippen LogP contribution in [-0.4, -0.2) is 19.9 Å². The van der Waals surface area contributed by atoms with Crippen molar-refractivity contribution in [3.8, 4) is 33.9 Å². The molecule has 0 saturated carbocycles. The lowest BCUT2D eigenvalue weighted by molar-refractivity contribution is 0.949. The number of benzene rings is 3. The topological polar surface area (TPSA) is 77.6 Å². The molecule has 0 amide bonds. The van der Waals surface area contributed by atoms with E-state index in [4.69, 9.17) is 15.7 Å². The van der Waals surface area contributed by atoms with Crippen LogP contribution in [0, 0.1) is 0 Å². The number of fused-ring (bicyclic) bond motifs is 7. The average Bonchev–Trinajstić information content (AvgIpc) is 3.09. The molecule has 2 aliphatic carbocycles. The van der Waals surface area contributed by atoms with Crippen LogP contribution in [0.2, 0.25) is 0 Å². The van der Waals surface area contributed by atoms with Crippen molar-refractivity contribution in [1.29, 1.82) is 0 Å². The smallest absolute Gasteiger partial charge is 0.178 e. The number of aryl methyl sites for hydroxylation is 1. The fraction of sp³-hybridized carbons (Fsp3) is 0.128. The zero-order valence-electron chi connectivity index (χ0n) is 24.6. The summed E-state index contributed by atoms with van der Waals surface area (Å²) in [5.74, 6) is 0.550. The molecule has 212 valence electrons. The van der Waals surface area contributed by atoms with Gasteiger partial charge in [-0.15, -0.1) is 0 Å². The van der Waals surface area contributed by atoms with Crippen LogP contribution in [0.4, 0.5) is 5.69 Å². The van der Waals surface area contributed by atoms with E-state index in [1.165, 1.54) is 38.6 Å².